The third-order valence-corrected chi connectivity index (χ3v) is 1.55. The molecule has 1 rings (SSSR count). The Bertz CT molecular complexity index is 329. The molecule has 0 aliphatic carbocycles. The summed E-state index contributed by atoms with van der Waals surface area (Å²) in [6, 6.07) is 3.70. The summed E-state index contributed by atoms with van der Waals surface area (Å²) < 4.78 is 5.13. The first-order chi connectivity index (χ1) is 6.22. The summed E-state index contributed by atoms with van der Waals surface area (Å²) in [6.45, 7) is 3.70. The van der Waals surface area contributed by atoms with Crippen molar-refractivity contribution >= 4 is 12.4 Å². The summed E-state index contributed by atoms with van der Waals surface area (Å²) in [5.74, 6) is 0.799. The smallest absolute Gasteiger partial charge is 0.145 e. The Labute approximate surface area is 77.6 Å². The lowest BCUT2D eigenvalue weighted by molar-refractivity contribution is -0.104. The maximum atomic E-state index is 10.3. The van der Waals surface area contributed by atoms with E-state index in [-0.39, 0.29) is 0 Å². The predicted molar refractivity (Wildman–Crippen MR) is 52.2 cm³/mol. The fourth-order valence-corrected chi connectivity index (χ4v) is 1.03. The quantitative estimate of drug-likeness (QED) is 0.402. The maximum absolute atomic E-state index is 10.3. The van der Waals surface area contributed by atoms with Crippen LogP contribution in [-0.2, 0) is 4.79 Å². The van der Waals surface area contributed by atoms with Crippen LogP contribution in [0.1, 0.15) is 19.6 Å². The van der Waals surface area contributed by atoms with Crippen LogP contribution in [0, 0.1) is 0 Å². The van der Waals surface area contributed by atoms with Crippen molar-refractivity contribution < 1.29 is 9.21 Å². The molecule has 0 saturated heterocycles. The average molecular weight is 176 g/mol. The number of rotatable bonds is 3. The van der Waals surface area contributed by atoms with Crippen LogP contribution >= 0.6 is 0 Å². The molecule has 1 aromatic heterocycles. The molecule has 13 heavy (non-hydrogen) atoms. The van der Waals surface area contributed by atoms with E-state index in [1.165, 1.54) is 0 Å². The highest BCUT2D eigenvalue weighted by Crippen LogP contribution is 2.08. The minimum atomic E-state index is 0.709. The van der Waals surface area contributed by atoms with Crippen LogP contribution in [0.5, 0.6) is 0 Å². The van der Waals surface area contributed by atoms with E-state index in [2.05, 4.69) is 0 Å². The molecular weight excluding hydrogens is 164 g/mol. The van der Waals surface area contributed by atoms with Crippen molar-refractivity contribution in [2.75, 3.05) is 0 Å². The molecule has 1 aromatic rings. The molecule has 0 aliphatic rings. The Kier molecular flexibility index (Phi) is 3.26. The lowest BCUT2D eigenvalue weighted by atomic mass is 10.2. The van der Waals surface area contributed by atoms with Gasteiger partial charge in [-0.05, 0) is 43.2 Å². The third-order valence-electron chi connectivity index (χ3n) is 1.55. The van der Waals surface area contributed by atoms with E-state index in [1.54, 1.807) is 13.2 Å². The van der Waals surface area contributed by atoms with Gasteiger partial charge < -0.3 is 4.42 Å². The molecule has 0 unspecified atom stereocenters. The Hall–Kier alpha value is -1.57. The number of hydrogen-bond donors (Lipinski definition) is 0. The van der Waals surface area contributed by atoms with Crippen molar-refractivity contribution in [3.8, 4) is 0 Å². The van der Waals surface area contributed by atoms with Crippen LogP contribution in [-0.4, -0.2) is 6.29 Å². The minimum Gasteiger partial charge on any atom is -0.465 e. The van der Waals surface area contributed by atoms with Gasteiger partial charge in [0.1, 0.15) is 12.0 Å². The summed E-state index contributed by atoms with van der Waals surface area (Å²) in [5.41, 5.74) is 1.71. The van der Waals surface area contributed by atoms with Crippen molar-refractivity contribution in [3.63, 3.8) is 0 Å². The zero-order valence-corrected chi connectivity index (χ0v) is 7.78. The first-order valence-corrected chi connectivity index (χ1v) is 4.07. The first-order valence-electron chi connectivity index (χ1n) is 4.07. The predicted octanol–water partition coefficient (Wildman–Crippen LogP) is 2.83. The van der Waals surface area contributed by atoms with Gasteiger partial charge in [-0.3, -0.25) is 4.79 Å². The monoisotopic (exact) mass is 176 g/mol. The van der Waals surface area contributed by atoms with E-state index in [1.807, 2.05) is 31.2 Å². The van der Waals surface area contributed by atoms with Gasteiger partial charge in [-0.25, -0.2) is 0 Å². The van der Waals surface area contributed by atoms with E-state index < -0.39 is 0 Å². The molecule has 0 aromatic carbocycles. The molecule has 2 heteroatoms. The topological polar surface area (TPSA) is 30.2 Å². The summed E-state index contributed by atoms with van der Waals surface area (Å²) in [5, 5.41) is 0. The van der Waals surface area contributed by atoms with Crippen molar-refractivity contribution in [1.29, 1.82) is 0 Å². The molecule has 0 aliphatic heterocycles. The molecule has 1 heterocycles. The molecule has 0 amide bonds. The highest BCUT2D eigenvalue weighted by atomic mass is 16.3. The van der Waals surface area contributed by atoms with E-state index in [4.69, 9.17) is 4.42 Å². The van der Waals surface area contributed by atoms with Gasteiger partial charge in [0, 0.05) is 0 Å². The van der Waals surface area contributed by atoms with Crippen LogP contribution in [0.15, 0.2) is 40.0 Å². The van der Waals surface area contributed by atoms with Gasteiger partial charge in [-0.1, -0.05) is 6.08 Å². The van der Waals surface area contributed by atoms with Crippen molar-refractivity contribution in [1.82, 2.24) is 0 Å². The van der Waals surface area contributed by atoms with Gasteiger partial charge in [0.15, 0.2) is 0 Å². The van der Waals surface area contributed by atoms with Crippen molar-refractivity contribution in [2.45, 2.75) is 13.8 Å². The van der Waals surface area contributed by atoms with Gasteiger partial charge >= 0.3 is 0 Å². The molecule has 0 saturated carbocycles. The number of aldehydes is 1. The fourth-order valence-electron chi connectivity index (χ4n) is 1.03. The Morgan fingerprint density at radius 3 is 2.69 bits per heavy atom. The van der Waals surface area contributed by atoms with Gasteiger partial charge in [0.05, 0.1) is 6.26 Å². The van der Waals surface area contributed by atoms with Crippen LogP contribution in [0.25, 0.3) is 6.08 Å². The molecule has 0 atom stereocenters. The lowest BCUT2D eigenvalue weighted by Crippen LogP contribution is -1.77. The number of carbonyl (C=O) groups is 1. The fraction of sp³-hybridized carbons (Fsp3) is 0.182. The Morgan fingerprint density at radius 2 is 2.15 bits per heavy atom. The molecule has 0 N–H and O–H groups in total. The second-order valence-electron chi connectivity index (χ2n) is 2.91. The highest BCUT2D eigenvalue weighted by molar-refractivity contribution is 5.74. The Balaban J connectivity index is 2.78. The van der Waals surface area contributed by atoms with Crippen LogP contribution in [0.2, 0.25) is 0 Å². The zero-order chi connectivity index (χ0) is 9.68. The number of furan rings is 1. The third kappa shape index (κ3) is 3.11. The number of allylic oxidation sites excluding steroid dienone is 3. The van der Waals surface area contributed by atoms with E-state index in [9.17, 15) is 4.79 Å². The molecule has 2 nitrogen and oxygen atoms in total. The van der Waals surface area contributed by atoms with Crippen molar-refractivity contribution in [2.24, 2.45) is 0 Å². The van der Waals surface area contributed by atoms with Gasteiger partial charge in [-0.2, -0.15) is 0 Å². The maximum Gasteiger partial charge on any atom is 0.145 e. The second-order valence-corrected chi connectivity index (χ2v) is 2.91. The van der Waals surface area contributed by atoms with Crippen LogP contribution < -0.4 is 0 Å². The van der Waals surface area contributed by atoms with Gasteiger partial charge in [0.2, 0.25) is 0 Å². The zero-order valence-electron chi connectivity index (χ0n) is 7.78. The summed E-state index contributed by atoms with van der Waals surface area (Å²) >= 11 is 0. The average Bonchev–Trinajstić information content (AvgIpc) is 2.56. The number of hydrogen-bond acceptors (Lipinski definition) is 2. The molecular formula is C11H12O2. The lowest BCUT2D eigenvalue weighted by Gasteiger charge is -1.91. The standard InChI is InChI=1S/C11H12O2/c1-9(6-10(2)8-12)7-11-4-3-5-13-11/h3-8H,1-2H3/b9-7+,10-6-. The molecule has 0 radical (unpaired) electrons. The first kappa shape index (κ1) is 9.52. The van der Waals surface area contributed by atoms with E-state index in [0.29, 0.717) is 5.57 Å². The second kappa shape index (κ2) is 4.45. The molecule has 0 spiro atoms. The van der Waals surface area contributed by atoms with E-state index in [0.717, 1.165) is 17.6 Å². The number of carbonyl (C=O) groups excluding carboxylic acids is 1. The summed E-state index contributed by atoms with van der Waals surface area (Å²) in [4.78, 5) is 10.3. The van der Waals surface area contributed by atoms with E-state index >= 15 is 0 Å². The summed E-state index contributed by atoms with van der Waals surface area (Å²) in [6.07, 6.45) is 6.15. The Morgan fingerprint density at radius 1 is 1.38 bits per heavy atom. The highest BCUT2D eigenvalue weighted by Gasteiger charge is 1.91. The van der Waals surface area contributed by atoms with Gasteiger partial charge in [-0.15, -0.1) is 0 Å². The SMILES string of the molecule is C/C(C=O)=C/C(C)=C/c1ccco1. The summed E-state index contributed by atoms with van der Waals surface area (Å²) in [7, 11) is 0. The van der Waals surface area contributed by atoms with Crippen LogP contribution in [0.3, 0.4) is 0 Å². The van der Waals surface area contributed by atoms with Crippen molar-refractivity contribution in [3.05, 3.63) is 41.4 Å². The molecule has 68 valence electrons. The normalized spacial score (nSPS) is 13.1. The molecule has 0 bridgehead atoms. The van der Waals surface area contributed by atoms with Gasteiger partial charge in [0.25, 0.3) is 0 Å². The minimum absolute atomic E-state index is 0.709. The molecule has 0 fully saturated rings. The van der Waals surface area contributed by atoms with Crippen LogP contribution in [0.4, 0.5) is 0 Å². The largest absolute Gasteiger partial charge is 0.465 e.